The van der Waals surface area contributed by atoms with Gasteiger partial charge in [-0.1, -0.05) is 25.1 Å². The summed E-state index contributed by atoms with van der Waals surface area (Å²) in [5.74, 6) is 1.95. The van der Waals surface area contributed by atoms with E-state index in [4.69, 9.17) is 4.42 Å². The van der Waals surface area contributed by atoms with Crippen LogP contribution in [0.5, 0.6) is 0 Å². The van der Waals surface area contributed by atoms with Crippen molar-refractivity contribution in [2.45, 2.75) is 27.3 Å². The fourth-order valence-corrected chi connectivity index (χ4v) is 1.88. The molecule has 1 N–H and O–H groups in total. The highest BCUT2D eigenvalue weighted by atomic mass is 16.3. The van der Waals surface area contributed by atoms with E-state index in [1.807, 2.05) is 6.07 Å². The first-order valence-corrected chi connectivity index (χ1v) is 6.08. The number of hydrogen-bond acceptors (Lipinski definition) is 2. The third kappa shape index (κ3) is 2.59. The molecular weight excluding hydrogens is 210 g/mol. The predicted molar refractivity (Wildman–Crippen MR) is 71.0 cm³/mol. The van der Waals surface area contributed by atoms with E-state index in [0.717, 1.165) is 24.6 Å². The molecule has 2 rings (SSSR count). The van der Waals surface area contributed by atoms with Crippen molar-refractivity contribution in [3.63, 3.8) is 0 Å². The summed E-state index contributed by atoms with van der Waals surface area (Å²) in [6.07, 6.45) is 0. The molecule has 0 unspecified atom stereocenters. The number of aryl methyl sites for hydroxylation is 1. The highest BCUT2D eigenvalue weighted by molar-refractivity contribution is 5.63. The SMILES string of the molecule is CCNCc1ccc(-c2cccc(C)c2C)o1. The molecule has 1 aromatic carbocycles. The molecule has 0 bridgehead atoms. The smallest absolute Gasteiger partial charge is 0.134 e. The lowest BCUT2D eigenvalue weighted by Crippen LogP contribution is -2.10. The first kappa shape index (κ1) is 11.9. The molecule has 1 aromatic heterocycles. The summed E-state index contributed by atoms with van der Waals surface area (Å²) in [6, 6.07) is 10.4. The third-order valence-corrected chi connectivity index (χ3v) is 3.08. The van der Waals surface area contributed by atoms with Crippen molar-refractivity contribution in [3.8, 4) is 11.3 Å². The van der Waals surface area contributed by atoms with Gasteiger partial charge in [-0.3, -0.25) is 0 Å². The molecule has 17 heavy (non-hydrogen) atoms. The Labute approximate surface area is 103 Å². The van der Waals surface area contributed by atoms with Crippen LogP contribution in [0.4, 0.5) is 0 Å². The van der Waals surface area contributed by atoms with E-state index in [1.54, 1.807) is 0 Å². The fourth-order valence-electron chi connectivity index (χ4n) is 1.88. The summed E-state index contributed by atoms with van der Waals surface area (Å²) in [6.45, 7) is 8.11. The van der Waals surface area contributed by atoms with E-state index in [9.17, 15) is 0 Å². The second-order valence-electron chi connectivity index (χ2n) is 4.29. The maximum atomic E-state index is 5.85. The quantitative estimate of drug-likeness (QED) is 0.865. The predicted octanol–water partition coefficient (Wildman–Crippen LogP) is 3.67. The largest absolute Gasteiger partial charge is 0.460 e. The van der Waals surface area contributed by atoms with E-state index in [0.29, 0.717) is 0 Å². The molecule has 2 nitrogen and oxygen atoms in total. The van der Waals surface area contributed by atoms with E-state index in [1.165, 1.54) is 16.7 Å². The van der Waals surface area contributed by atoms with Crippen LogP contribution in [0.3, 0.4) is 0 Å². The summed E-state index contributed by atoms with van der Waals surface area (Å²) >= 11 is 0. The van der Waals surface area contributed by atoms with Gasteiger partial charge in [0.25, 0.3) is 0 Å². The number of furan rings is 1. The average Bonchev–Trinajstić information content (AvgIpc) is 2.78. The van der Waals surface area contributed by atoms with Crippen molar-refractivity contribution >= 4 is 0 Å². The molecule has 90 valence electrons. The Balaban J connectivity index is 2.27. The normalized spacial score (nSPS) is 10.8. The van der Waals surface area contributed by atoms with Gasteiger partial charge in [-0.05, 0) is 43.7 Å². The van der Waals surface area contributed by atoms with Gasteiger partial charge in [0, 0.05) is 5.56 Å². The van der Waals surface area contributed by atoms with Crippen LogP contribution in [0.2, 0.25) is 0 Å². The molecule has 0 radical (unpaired) electrons. The van der Waals surface area contributed by atoms with Crippen LogP contribution in [-0.4, -0.2) is 6.54 Å². The summed E-state index contributed by atoms with van der Waals surface area (Å²) in [7, 11) is 0. The summed E-state index contributed by atoms with van der Waals surface area (Å²) in [5.41, 5.74) is 3.77. The van der Waals surface area contributed by atoms with Gasteiger partial charge in [0.15, 0.2) is 0 Å². The van der Waals surface area contributed by atoms with Crippen molar-refractivity contribution in [3.05, 3.63) is 47.2 Å². The van der Waals surface area contributed by atoms with Crippen LogP contribution in [0.1, 0.15) is 23.8 Å². The molecule has 0 aliphatic heterocycles. The monoisotopic (exact) mass is 229 g/mol. The maximum absolute atomic E-state index is 5.85. The van der Waals surface area contributed by atoms with Gasteiger partial charge in [0.1, 0.15) is 11.5 Å². The summed E-state index contributed by atoms with van der Waals surface area (Å²) < 4.78 is 5.85. The van der Waals surface area contributed by atoms with Gasteiger partial charge in [0.2, 0.25) is 0 Å². The van der Waals surface area contributed by atoms with Crippen LogP contribution in [0.15, 0.2) is 34.7 Å². The van der Waals surface area contributed by atoms with Crippen LogP contribution in [-0.2, 0) is 6.54 Å². The van der Waals surface area contributed by atoms with E-state index >= 15 is 0 Å². The van der Waals surface area contributed by atoms with Gasteiger partial charge in [0.05, 0.1) is 6.54 Å². The topological polar surface area (TPSA) is 25.2 Å². The van der Waals surface area contributed by atoms with Crippen molar-refractivity contribution in [2.75, 3.05) is 6.54 Å². The van der Waals surface area contributed by atoms with E-state index < -0.39 is 0 Å². The van der Waals surface area contributed by atoms with E-state index in [2.05, 4.69) is 50.4 Å². The van der Waals surface area contributed by atoms with E-state index in [-0.39, 0.29) is 0 Å². The number of hydrogen-bond donors (Lipinski definition) is 1. The summed E-state index contributed by atoms with van der Waals surface area (Å²) in [4.78, 5) is 0. The molecule has 1 heterocycles. The Morgan fingerprint density at radius 3 is 2.71 bits per heavy atom. The van der Waals surface area contributed by atoms with Gasteiger partial charge >= 0.3 is 0 Å². The fraction of sp³-hybridized carbons (Fsp3) is 0.333. The first-order valence-electron chi connectivity index (χ1n) is 6.08. The molecule has 2 aromatic rings. The van der Waals surface area contributed by atoms with Gasteiger partial charge in [-0.2, -0.15) is 0 Å². The van der Waals surface area contributed by atoms with Crippen LogP contribution < -0.4 is 5.32 Å². The second-order valence-corrected chi connectivity index (χ2v) is 4.29. The van der Waals surface area contributed by atoms with Crippen LogP contribution in [0, 0.1) is 13.8 Å². The molecule has 0 amide bonds. The zero-order chi connectivity index (χ0) is 12.3. The van der Waals surface area contributed by atoms with Crippen molar-refractivity contribution < 1.29 is 4.42 Å². The Morgan fingerprint density at radius 1 is 1.12 bits per heavy atom. The molecular formula is C15H19NO. The van der Waals surface area contributed by atoms with Crippen molar-refractivity contribution in [1.82, 2.24) is 5.32 Å². The zero-order valence-corrected chi connectivity index (χ0v) is 10.7. The minimum Gasteiger partial charge on any atom is -0.460 e. The maximum Gasteiger partial charge on any atom is 0.134 e. The van der Waals surface area contributed by atoms with Crippen LogP contribution in [0.25, 0.3) is 11.3 Å². The van der Waals surface area contributed by atoms with Crippen LogP contribution >= 0.6 is 0 Å². The van der Waals surface area contributed by atoms with Gasteiger partial charge < -0.3 is 9.73 Å². The first-order chi connectivity index (χ1) is 8.22. The average molecular weight is 229 g/mol. The minimum atomic E-state index is 0.793. The molecule has 0 spiro atoms. The molecule has 0 aliphatic rings. The molecule has 0 atom stereocenters. The highest BCUT2D eigenvalue weighted by Crippen LogP contribution is 2.27. The number of nitrogens with one attached hydrogen (secondary N) is 1. The molecule has 0 saturated carbocycles. The van der Waals surface area contributed by atoms with Crippen molar-refractivity contribution in [2.24, 2.45) is 0 Å². The zero-order valence-electron chi connectivity index (χ0n) is 10.7. The lowest BCUT2D eigenvalue weighted by molar-refractivity contribution is 0.498. The number of rotatable bonds is 4. The standard InChI is InChI=1S/C15H19NO/c1-4-16-10-13-8-9-15(17-13)14-7-5-6-11(2)12(14)3/h5-9,16H,4,10H2,1-3H3. The summed E-state index contributed by atoms with van der Waals surface area (Å²) in [5, 5.41) is 3.26. The number of benzene rings is 1. The second kappa shape index (κ2) is 5.19. The molecule has 2 heteroatoms. The molecule has 0 aliphatic carbocycles. The Bertz CT molecular complexity index is 499. The molecule has 0 saturated heterocycles. The van der Waals surface area contributed by atoms with Gasteiger partial charge in [-0.25, -0.2) is 0 Å². The van der Waals surface area contributed by atoms with Crippen molar-refractivity contribution in [1.29, 1.82) is 0 Å². The lowest BCUT2D eigenvalue weighted by Gasteiger charge is -2.05. The third-order valence-electron chi connectivity index (χ3n) is 3.08. The Morgan fingerprint density at radius 2 is 1.94 bits per heavy atom. The highest BCUT2D eigenvalue weighted by Gasteiger charge is 2.08. The molecule has 0 fully saturated rings. The Hall–Kier alpha value is -1.54. The van der Waals surface area contributed by atoms with Gasteiger partial charge in [-0.15, -0.1) is 0 Å². The minimum absolute atomic E-state index is 0.793. The Kier molecular flexibility index (Phi) is 3.64. The lowest BCUT2D eigenvalue weighted by atomic mass is 10.0.